The van der Waals surface area contributed by atoms with Crippen molar-refractivity contribution in [2.45, 2.75) is 33.1 Å². The highest BCUT2D eigenvalue weighted by Gasteiger charge is 2.15. The Morgan fingerprint density at radius 2 is 2.19 bits per heavy atom. The highest BCUT2D eigenvalue weighted by Crippen LogP contribution is 2.29. The second-order valence-electron chi connectivity index (χ2n) is 5.71. The van der Waals surface area contributed by atoms with Gasteiger partial charge < -0.3 is 9.88 Å². The minimum atomic E-state index is -0.0355. The summed E-state index contributed by atoms with van der Waals surface area (Å²) in [5.41, 5.74) is 5.18. The minimum absolute atomic E-state index is 0.0355. The van der Waals surface area contributed by atoms with Gasteiger partial charge in [-0.2, -0.15) is 0 Å². The number of aryl methyl sites for hydroxylation is 2. The number of nitrogens with one attached hydrogen (secondary N) is 1. The van der Waals surface area contributed by atoms with Gasteiger partial charge in [0.25, 0.3) is 5.56 Å². The monoisotopic (exact) mass is 283 g/mol. The number of aromatic nitrogens is 2. The number of nitrogens with zero attached hydrogens (tertiary/aromatic N) is 2. The fourth-order valence-corrected chi connectivity index (χ4v) is 2.99. The molecule has 1 aliphatic heterocycles. The van der Waals surface area contributed by atoms with Crippen LogP contribution in [-0.2, 0) is 12.8 Å². The number of aromatic amines is 1. The summed E-state index contributed by atoms with van der Waals surface area (Å²) in [6.45, 7) is 4.96. The molecular weight excluding hydrogens is 262 g/mol. The number of hydrogen-bond acceptors (Lipinski definition) is 3. The summed E-state index contributed by atoms with van der Waals surface area (Å²) in [7, 11) is 2.12. The summed E-state index contributed by atoms with van der Waals surface area (Å²) in [6.07, 6.45) is 3.03. The van der Waals surface area contributed by atoms with Gasteiger partial charge in [0.15, 0.2) is 0 Å². The Morgan fingerprint density at radius 1 is 1.38 bits per heavy atom. The molecule has 4 nitrogen and oxygen atoms in total. The Hall–Kier alpha value is -2.10. The van der Waals surface area contributed by atoms with Gasteiger partial charge >= 0.3 is 0 Å². The molecule has 3 rings (SSSR count). The zero-order valence-electron chi connectivity index (χ0n) is 12.9. The topological polar surface area (TPSA) is 49.0 Å². The molecule has 1 N–H and O–H groups in total. The molecule has 0 bridgehead atoms. The van der Waals surface area contributed by atoms with Crippen molar-refractivity contribution in [3.05, 3.63) is 45.4 Å². The van der Waals surface area contributed by atoms with Gasteiger partial charge in [-0.15, -0.1) is 0 Å². The molecule has 0 amide bonds. The average Bonchev–Trinajstić information content (AvgIpc) is 2.50. The summed E-state index contributed by atoms with van der Waals surface area (Å²) in [6, 6.07) is 6.35. The minimum Gasteiger partial charge on any atom is -0.374 e. The normalized spacial score (nSPS) is 14.1. The van der Waals surface area contributed by atoms with Crippen molar-refractivity contribution in [3.63, 3.8) is 0 Å². The molecule has 0 atom stereocenters. The van der Waals surface area contributed by atoms with Crippen LogP contribution >= 0.6 is 0 Å². The molecule has 1 aromatic heterocycles. The van der Waals surface area contributed by atoms with Gasteiger partial charge in [0.05, 0.1) is 5.69 Å². The van der Waals surface area contributed by atoms with Gasteiger partial charge in [-0.1, -0.05) is 6.92 Å². The fraction of sp³-hybridized carbons (Fsp3) is 0.412. The lowest BCUT2D eigenvalue weighted by atomic mass is 9.99. The number of fused-ring (bicyclic) bond motifs is 1. The largest absolute Gasteiger partial charge is 0.374 e. The Bertz CT molecular complexity index is 733. The lowest BCUT2D eigenvalue weighted by molar-refractivity contribution is 0.744. The van der Waals surface area contributed by atoms with Crippen LogP contribution in [0.15, 0.2) is 23.0 Å². The quantitative estimate of drug-likeness (QED) is 0.922. The van der Waals surface area contributed by atoms with Crippen molar-refractivity contribution in [2.75, 3.05) is 18.5 Å². The second-order valence-corrected chi connectivity index (χ2v) is 5.71. The average molecular weight is 283 g/mol. The van der Waals surface area contributed by atoms with Gasteiger partial charge in [-0.3, -0.25) is 4.79 Å². The smallest absolute Gasteiger partial charge is 0.254 e. The van der Waals surface area contributed by atoms with E-state index in [4.69, 9.17) is 0 Å². The van der Waals surface area contributed by atoms with Crippen molar-refractivity contribution < 1.29 is 0 Å². The van der Waals surface area contributed by atoms with Crippen LogP contribution in [0.4, 0.5) is 5.69 Å². The van der Waals surface area contributed by atoms with E-state index in [1.54, 1.807) is 0 Å². The molecule has 0 spiro atoms. The van der Waals surface area contributed by atoms with E-state index in [-0.39, 0.29) is 5.56 Å². The Kier molecular flexibility index (Phi) is 3.53. The van der Waals surface area contributed by atoms with E-state index in [9.17, 15) is 4.79 Å². The Labute approximate surface area is 124 Å². The van der Waals surface area contributed by atoms with Crippen LogP contribution in [0.3, 0.4) is 0 Å². The fourth-order valence-electron chi connectivity index (χ4n) is 2.99. The Morgan fingerprint density at radius 3 is 2.95 bits per heavy atom. The molecule has 110 valence electrons. The van der Waals surface area contributed by atoms with Gasteiger partial charge in [0, 0.05) is 30.4 Å². The van der Waals surface area contributed by atoms with Crippen LogP contribution in [-0.4, -0.2) is 23.6 Å². The lowest BCUT2D eigenvalue weighted by Gasteiger charge is -2.27. The van der Waals surface area contributed by atoms with E-state index in [1.165, 1.54) is 17.7 Å². The summed E-state index contributed by atoms with van der Waals surface area (Å²) < 4.78 is 0. The first-order chi connectivity index (χ1) is 10.1. The molecule has 0 fully saturated rings. The second kappa shape index (κ2) is 5.35. The molecule has 0 aliphatic carbocycles. The molecule has 0 saturated carbocycles. The summed E-state index contributed by atoms with van der Waals surface area (Å²) >= 11 is 0. The molecule has 0 unspecified atom stereocenters. The van der Waals surface area contributed by atoms with Crippen molar-refractivity contribution in [1.82, 2.24) is 9.97 Å². The predicted molar refractivity (Wildman–Crippen MR) is 86.0 cm³/mol. The first kappa shape index (κ1) is 13.9. The number of hydrogen-bond donors (Lipinski definition) is 1. The van der Waals surface area contributed by atoms with E-state index in [2.05, 4.69) is 34.0 Å². The molecule has 0 radical (unpaired) electrons. The number of anilines is 1. The Balaban J connectivity index is 2.09. The standard InChI is InChI=1S/C17H21N3O/c1-4-14-11(2)17(21)19-16(18-14)13-7-8-15-12(10-13)6-5-9-20(15)3/h7-8,10H,4-6,9H2,1-3H3,(H,18,19,21). The molecule has 2 heterocycles. The van der Waals surface area contributed by atoms with Gasteiger partial charge in [0.1, 0.15) is 5.82 Å². The first-order valence-electron chi connectivity index (χ1n) is 7.54. The molecule has 4 heteroatoms. The number of H-pyrrole nitrogens is 1. The maximum Gasteiger partial charge on any atom is 0.254 e. The van der Waals surface area contributed by atoms with E-state index >= 15 is 0 Å². The predicted octanol–water partition coefficient (Wildman–Crippen LogP) is 2.69. The van der Waals surface area contributed by atoms with Crippen LogP contribution in [0.5, 0.6) is 0 Å². The van der Waals surface area contributed by atoms with Gasteiger partial charge in [-0.05, 0) is 49.9 Å². The van der Waals surface area contributed by atoms with Crippen molar-refractivity contribution >= 4 is 5.69 Å². The third-order valence-electron chi connectivity index (χ3n) is 4.29. The molecule has 21 heavy (non-hydrogen) atoms. The summed E-state index contributed by atoms with van der Waals surface area (Å²) in [4.78, 5) is 21.8. The maximum atomic E-state index is 12.0. The van der Waals surface area contributed by atoms with Crippen LogP contribution in [0.1, 0.15) is 30.2 Å². The first-order valence-corrected chi connectivity index (χ1v) is 7.54. The molecular formula is C17H21N3O. The van der Waals surface area contributed by atoms with Gasteiger partial charge in [-0.25, -0.2) is 4.98 Å². The third-order valence-corrected chi connectivity index (χ3v) is 4.29. The third kappa shape index (κ3) is 2.46. The lowest BCUT2D eigenvalue weighted by Crippen LogP contribution is -2.24. The molecule has 1 aliphatic rings. The van der Waals surface area contributed by atoms with Crippen LogP contribution in [0, 0.1) is 6.92 Å². The SMILES string of the molecule is CCc1nc(-c2ccc3c(c2)CCCN3C)[nH]c(=O)c1C. The summed E-state index contributed by atoms with van der Waals surface area (Å²) in [5, 5.41) is 0. The van der Waals surface area contributed by atoms with Gasteiger partial charge in [0.2, 0.25) is 0 Å². The number of rotatable bonds is 2. The highest BCUT2D eigenvalue weighted by atomic mass is 16.1. The molecule has 0 saturated heterocycles. The zero-order chi connectivity index (χ0) is 15.0. The van der Waals surface area contributed by atoms with E-state index in [0.717, 1.165) is 36.2 Å². The van der Waals surface area contributed by atoms with Crippen LogP contribution in [0.2, 0.25) is 0 Å². The molecule has 1 aromatic carbocycles. The van der Waals surface area contributed by atoms with Crippen LogP contribution < -0.4 is 10.5 Å². The van der Waals surface area contributed by atoms with E-state index < -0.39 is 0 Å². The van der Waals surface area contributed by atoms with Crippen LogP contribution in [0.25, 0.3) is 11.4 Å². The van der Waals surface area contributed by atoms with Crippen molar-refractivity contribution in [1.29, 1.82) is 0 Å². The number of benzene rings is 1. The van der Waals surface area contributed by atoms with E-state index in [1.807, 2.05) is 19.9 Å². The highest BCUT2D eigenvalue weighted by molar-refractivity contribution is 5.65. The van der Waals surface area contributed by atoms with Crippen molar-refractivity contribution in [2.24, 2.45) is 0 Å². The maximum absolute atomic E-state index is 12.0. The van der Waals surface area contributed by atoms with Crippen molar-refractivity contribution in [3.8, 4) is 11.4 Å². The zero-order valence-corrected chi connectivity index (χ0v) is 12.9. The molecule has 2 aromatic rings. The summed E-state index contributed by atoms with van der Waals surface area (Å²) in [5.74, 6) is 0.679. The van der Waals surface area contributed by atoms with E-state index in [0.29, 0.717) is 5.82 Å².